The molecular formula is C21H22FN3OS. The van der Waals surface area contributed by atoms with E-state index in [0.717, 1.165) is 33.5 Å². The summed E-state index contributed by atoms with van der Waals surface area (Å²) in [5, 5.41) is 4.58. The predicted molar refractivity (Wildman–Crippen MR) is 108 cm³/mol. The van der Waals surface area contributed by atoms with Gasteiger partial charge in [-0.05, 0) is 50.1 Å². The lowest BCUT2D eigenvalue weighted by Gasteiger charge is -2.12. The van der Waals surface area contributed by atoms with Crippen LogP contribution in [0.1, 0.15) is 26.3 Å². The topological polar surface area (TPSA) is 54.9 Å². The third kappa shape index (κ3) is 4.63. The molecule has 0 fully saturated rings. The normalized spacial score (nSPS) is 11.1. The molecule has 2 aromatic carbocycles. The van der Waals surface area contributed by atoms with Crippen molar-refractivity contribution < 1.29 is 9.18 Å². The van der Waals surface area contributed by atoms with E-state index < -0.39 is 0 Å². The van der Waals surface area contributed by atoms with Crippen LogP contribution in [0.3, 0.4) is 0 Å². The predicted octanol–water partition coefficient (Wildman–Crippen LogP) is 4.62. The first-order valence-electron chi connectivity index (χ1n) is 8.95. The number of carbonyl (C=O) groups is 1. The van der Waals surface area contributed by atoms with Gasteiger partial charge in [-0.1, -0.05) is 36.9 Å². The third-order valence-corrected chi connectivity index (χ3v) is 5.04. The number of carbonyl (C=O) groups excluding carboxylic acids is 1. The molecule has 0 aliphatic heterocycles. The van der Waals surface area contributed by atoms with E-state index in [1.807, 2.05) is 32.0 Å². The number of rotatable bonds is 6. The van der Waals surface area contributed by atoms with Crippen LogP contribution >= 0.6 is 11.8 Å². The quantitative estimate of drug-likeness (QED) is 0.499. The van der Waals surface area contributed by atoms with Crippen molar-refractivity contribution in [1.82, 2.24) is 15.3 Å². The molecule has 6 heteroatoms. The molecule has 0 saturated heterocycles. The maximum absolute atomic E-state index is 13.3. The van der Waals surface area contributed by atoms with E-state index in [-0.39, 0.29) is 23.5 Å². The van der Waals surface area contributed by atoms with Crippen molar-refractivity contribution >= 4 is 28.6 Å². The number of fused-ring (bicyclic) bond motifs is 1. The Balaban J connectivity index is 2.04. The molecule has 1 N–H and O–H groups in total. The highest BCUT2D eigenvalue weighted by atomic mass is 32.2. The molecule has 1 heterocycles. The van der Waals surface area contributed by atoms with Gasteiger partial charge in [0.25, 0.3) is 0 Å². The maximum atomic E-state index is 13.3. The zero-order chi connectivity index (χ0) is 19.4. The lowest BCUT2D eigenvalue weighted by atomic mass is 10.1. The summed E-state index contributed by atoms with van der Waals surface area (Å²) in [6.45, 7) is 5.95. The van der Waals surface area contributed by atoms with Gasteiger partial charge in [0.15, 0.2) is 5.82 Å². The first-order valence-corrected chi connectivity index (χ1v) is 9.94. The van der Waals surface area contributed by atoms with Gasteiger partial charge in [-0.2, -0.15) is 0 Å². The van der Waals surface area contributed by atoms with Crippen molar-refractivity contribution in [2.45, 2.75) is 38.3 Å². The number of nitrogens with zero attached hydrogens (tertiary/aromatic N) is 2. The average molecular weight is 383 g/mol. The zero-order valence-electron chi connectivity index (χ0n) is 15.6. The number of benzene rings is 2. The summed E-state index contributed by atoms with van der Waals surface area (Å²) in [4.78, 5) is 21.5. The summed E-state index contributed by atoms with van der Waals surface area (Å²) in [5.74, 6) is 0.490. The number of hydrogen-bond donors (Lipinski definition) is 1. The molecule has 0 unspecified atom stereocenters. The van der Waals surface area contributed by atoms with Crippen LogP contribution in [0.2, 0.25) is 0 Å². The molecule has 0 aliphatic carbocycles. The van der Waals surface area contributed by atoms with Gasteiger partial charge in [0, 0.05) is 17.0 Å². The Morgan fingerprint density at radius 1 is 1.15 bits per heavy atom. The van der Waals surface area contributed by atoms with Crippen molar-refractivity contribution in [3.05, 3.63) is 53.8 Å². The van der Waals surface area contributed by atoms with Gasteiger partial charge in [-0.25, -0.2) is 14.4 Å². The lowest BCUT2D eigenvalue weighted by molar-refractivity contribution is -0.119. The van der Waals surface area contributed by atoms with E-state index >= 15 is 0 Å². The highest BCUT2D eigenvalue weighted by molar-refractivity contribution is 8.00. The third-order valence-electron chi connectivity index (χ3n) is 4.05. The highest BCUT2D eigenvalue weighted by Gasteiger charge is 2.14. The molecule has 1 aromatic heterocycles. The second-order valence-corrected chi connectivity index (χ2v) is 7.50. The van der Waals surface area contributed by atoms with Gasteiger partial charge >= 0.3 is 0 Å². The summed E-state index contributed by atoms with van der Waals surface area (Å²) >= 11 is 1.39. The molecule has 140 valence electrons. The lowest BCUT2D eigenvalue weighted by Crippen LogP contribution is -2.31. The van der Waals surface area contributed by atoms with Crippen molar-refractivity contribution in [2.75, 3.05) is 5.75 Å². The summed E-state index contributed by atoms with van der Waals surface area (Å²) in [5.41, 5.74) is 2.74. The Bertz CT molecular complexity index is 958. The molecular weight excluding hydrogens is 361 g/mol. The molecule has 0 spiro atoms. The van der Waals surface area contributed by atoms with Crippen LogP contribution < -0.4 is 5.32 Å². The maximum Gasteiger partial charge on any atom is 0.230 e. The highest BCUT2D eigenvalue weighted by Crippen LogP contribution is 2.30. The number of amides is 1. The second kappa shape index (κ2) is 8.48. The van der Waals surface area contributed by atoms with Crippen LogP contribution in [0.4, 0.5) is 4.39 Å². The molecule has 0 aliphatic rings. The molecule has 0 atom stereocenters. The summed E-state index contributed by atoms with van der Waals surface area (Å²) in [6.07, 6.45) is 0.842. The van der Waals surface area contributed by atoms with Crippen LogP contribution in [0, 0.1) is 5.82 Å². The summed E-state index contributed by atoms with van der Waals surface area (Å²) < 4.78 is 13.3. The number of aromatic nitrogens is 2. The number of para-hydroxylation sites is 1. The Hall–Kier alpha value is -2.47. The Kier molecular flexibility index (Phi) is 6.06. The average Bonchev–Trinajstić information content (AvgIpc) is 2.65. The minimum Gasteiger partial charge on any atom is -0.353 e. The smallest absolute Gasteiger partial charge is 0.230 e. The molecule has 27 heavy (non-hydrogen) atoms. The van der Waals surface area contributed by atoms with E-state index in [1.165, 1.54) is 23.9 Å². The van der Waals surface area contributed by atoms with Crippen LogP contribution in [0.25, 0.3) is 22.3 Å². The summed E-state index contributed by atoms with van der Waals surface area (Å²) in [7, 11) is 0. The summed E-state index contributed by atoms with van der Waals surface area (Å²) in [6, 6.07) is 12.3. The van der Waals surface area contributed by atoms with E-state index in [1.54, 1.807) is 12.1 Å². The van der Waals surface area contributed by atoms with Gasteiger partial charge < -0.3 is 5.32 Å². The number of nitrogens with one attached hydrogen (secondary N) is 1. The van der Waals surface area contributed by atoms with Crippen molar-refractivity contribution in [3.63, 3.8) is 0 Å². The molecule has 3 rings (SSSR count). The van der Waals surface area contributed by atoms with E-state index in [9.17, 15) is 9.18 Å². The van der Waals surface area contributed by atoms with E-state index in [4.69, 9.17) is 4.98 Å². The number of hydrogen-bond acceptors (Lipinski definition) is 4. The van der Waals surface area contributed by atoms with E-state index in [0.29, 0.717) is 5.82 Å². The minimum atomic E-state index is -0.297. The second-order valence-electron chi connectivity index (χ2n) is 6.54. The van der Waals surface area contributed by atoms with Crippen LogP contribution in [0.15, 0.2) is 47.5 Å². The van der Waals surface area contributed by atoms with Crippen LogP contribution in [0.5, 0.6) is 0 Å². The van der Waals surface area contributed by atoms with Gasteiger partial charge in [0.1, 0.15) is 10.8 Å². The first kappa shape index (κ1) is 19.3. The molecule has 3 aromatic rings. The zero-order valence-corrected chi connectivity index (χ0v) is 16.4. The fourth-order valence-corrected chi connectivity index (χ4v) is 3.63. The molecule has 0 saturated carbocycles. The SMILES string of the molecule is CCc1cccc2c(SCC(=O)NC(C)C)nc(-c3ccc(F)cc3)nc12. The van der Waals surface area contributed by atoms with Gasteiger partial charge in [0.2, 0.25) is 5.91 Å². The Morgan fingerprint density at radius 2 is 1.89 bits per heavy atom. The van der Waals surface area contributed by atoms with Crippen LogP contribution in [-0.2, 0) is 11.2 Å². The number of aryl methyl sites for hydroxylation is 1. The fraction of sp³-hybridized carbons (Fsp3) is 0.286. The number of thioether (sulfide) groups is 1. The fourth-order valence-electron chi connectivity index (χ4n) is 2.80. The molecule has 0 radical (unpaired) electrons. The monoisotopic (exact) mass is 383 g/mol. The standard InChI is InChI=1S/C21H22FN3OS/c1-4-14-6-5-7-17-19(14)24-20(15-8-10-16(22)11-9-15)25-21(17)27-12-18(26)23-13(2)3/h5-11,13H,4,12H2,1-3H3,(H,23,26). The van der Waals surface area contributed by atoms with Crippen molar-refractivity contribution in [1.29, 1.82) is 0 Å². The van der Waals surface area contributed by atoms with Crippen LogP contribution in [-0.4, -0.2) is 27.7 Å². The molecule has 0 bridgehead atoms. The van der Waals surface area contributed by atoms with Crippen molar-refractivity contribution in [3.8, 4) is 11.4 Å². The molecule has 1 amide bonds. The van der Waals surface area contributed by atoms with Gasteiger partial charge in [0.05, 0.1) is 11.3 Å². The van der Waals surface area contributed by atoms with Crippen molar-refractivity contribution in [2.24, 2.45) is 0 Å². The molecule has 4 nitrogen and oxygen atoms in total. The Labute approximate surface area is 162 Å². The first-order chi connectivity index (χ1) is 13.0. The minimum absolute atomic E-state index is 0.0308. The largest absolute Gasteiger partial charge is 0.353 e. The van der Waals surface area contributed by atoms with Gasteiger partial charge in [-0.3, -0.25) is 4.79 Å². The van der Waals surface area contributed by atoms with E-state index in [2.05, 4.69) is 17.2 Å². The van der Waals surface area contributed by atoms with Gasteiger partial charge in [-0.15, -0.1) is 0 Å². The number of halogens is 1. The Morgan fingerprint density at radius 3 is 2.56 bits per heavy atom.